The zero-order valence-electron chi connectivity index (χ0n) is 12.0. The summed E-state index contributed by atoms with van der Waals surface area (Å²) in [6.07, 6.45) is 4.76. The summed E-state index contributed by atoms with van der Waals surface area (Å²) in [6, 6.07) is 9.62. The summed E-state index contributed by atoms with van der Waals surface area (Å²) in [5.41, 5.74) is 2.42. The standard InChI is InChI=1S/C15H13N7O/c23-15-13-12(4-5-17-15)20-21-14(13)19-11-3-1-2-10(6-11)7-22-9-16-8-18-22/h1-6,8-9H,7H2,(H,17,23)(H2,19,20,21). The molecule has 4 aromatic rings. The van der Waals surface area contributed by atoms with E-state index in [1.54, 1.807) is 23.3 Å². The van der Waals surface area contributed by atoms with Crippen molar-refractivity contribution in [1.29, 1.82) is 0 Å². The Labute approximate surface area is 130 Å². The van der Waals surface area contributed by atoms with Crippen molar-refractivity contribution in [2.75, 3.05) is 5.32 Å². The Morgan fingerprint density at radius 2 is 2.22 bits per heavy atom. The van der Waals surface area contributed by atoms with Gasteiger partial charge in [-0.3, -0.25) is 9.89 Å². The number of benzene rings is 1. The summed E-state index contributed by atoms with van der Waals surface area (Å²) in [7, 11) is 0. The van der Waals surface area contributed by atoms with Gasteiger partial charge in [0.1, 0.15) is 18.0 Å². The molecule has 0 spiro atoms. The van der Waals surface area contributed by atoms with Crippen molar-refractivity contribution < 1.29 is 0 Å². The first kappa shape index (κ1) is 13.3. The fourth-order valence-electron chi connectivity index (χ4n) is 2.45. The van der Waals surface area contributed by atoms with Crippen LogP contribution in [0.1, 0.15) is 5.56 Å². The molecule has 0 unspecified atom stereocenters. The molecule has 3 N–H and O–H groups in total. The number of pyridine rings is 1. The molecule has 0 amide bonds. The summed E-state index contributed by atoms with van der Waals surface area (Å²) < 4.78 is 1.74. The molecule has 4 rings (SSSR count). The van der Waals surface area contributed by atoms with Gasteiger partial charge in [0.05, 0.1) is 12.1 Å². The van der Waals surface area contributed by atoms with Crippen molar-refractivity contribution in [2.24, 2.45) is 0 Å². The number of nitrogens with one attached hydrogen (secondary N) is 3. The van der Waals surface area contributed by atoms with Crippen molar-refractivity contribution in [3.8, 4) is 0 Å². The highest BCUT2D eigenvalue weighted by Gasteiger charge is 2.09. The first-order valence-corrected chi connectivity index (χ1v) is 7.04. The normalized spacial score (nSPS) is 11.0. The Kier molecular flexibility index (Phi) is 3.12. The van der Waals surface area contributed by atoms with E-state index in [1.165, 1.54) is 6.33 Å². The first-order chi connectivity index (χ1) is 11.3. The minimum absolute atomic E-state index is 0.183. The average Bonchev–Trinajstić information content (AvgIpc) is 3.19. The first-order valence-electron chi connectivity index (χ1n) is 7.04. The third kappa shape index (κ3) is 2.57. The highest BCUT2D eigenvalue weighted by atomic mass is 16.1. The van der Waals surface area contributed by atoms with Gasteiger partial charge in [0.15, 0.2) is 5.82 Å². The van der Waals surface area contributed by atoms with Crippen LogP contribution in [0.4, 0.5) is 11.5 Å². The van der Waals surface area contributed by atoms with Crippen LogP contribution in [-0.4, -0.2) is 29.9 Å². The minimum atomic E-state index is -0.183. The lowest BCUT2D eigenvalue weighted by atomic mass is 10.2. The average molecular weight is 307 g/mol. The van der Waals surface area contributed by atoms with Crippen molar-refractivity contribution in [3.05, 3.63) is 65.1 Å². The SMILES string of the molecule is O=c1[nH]ccc2[nH]nc(Nc3cccc(Cn4cncn4)c3)c12. The Bertz CT molecular complexity index is 1000. The van der Waals surface area contributed by atoms with Crippen LogP contribution < -0.4 is 10.9 Å². The number of fused-ring (bicyclic) bond motifs is 1. The smallest absolute Gasteiger partial charge is 0.261 e. The summed E-state index contributed by atoms with van der Waals surface area (Å²) in [6.45, 7) is 0.622. The Hall–Kier alpha value is -3.42. The number of hydrogen-bond acceptors (Lipinski definition) is 5. The second-order valence-corrected chi connectivity index (χ2v) is 5.09. The fraction of sp³-hybridized carbons (Fsp3) is 0.0667. The monoisotopic (exact) mass is 307 g/mol. The van der Waals surface area contributed by atoms with Crippen LogP contribution in [-0.2, 0) is 6.54 Å². The number of nitrogens with zero attached hydrogens (tertiary/aromatic N) is 4. The molecule has 0 aliphatic rings. The van der Waals surface area contributed by atoms with E-state index in [-0.39, 0.29) is 5.56 Å². The summed E-state index contributed by atoms with van der Waals surface area (Å²) in [5.74, 6) is 0.500. The lowest BCUT2D eigenvalue weighted by Gasteiger charge is -2.06. The molecule has 3 heterocycles. The molecule has 23 heavy (non-hydrogen) atoms. The van der Waals surface area contributed by atoms with E-state index in [0.29, 0.717) is 23.3 Å². The van der Waals surface area contributed by atoms with E-state index >= 15 is 0 Å². The van der Waals surface area contributed by atoms with E-state index in [0.717, 1.165) is 11.3 Å². The Morgan fingerprint density at radius 3 is 3.09 bits per heavy atom. The number of rotatable bonds is 4. The Morgan fingerprint density at radius 1 is 1.26 bits per heavy atom. The molecular weight excluding hydrogens is 294 g/mol. The van der Waals surface area contributed by atoms with Gasteiger partial charge in [-0.25, -0.2) is 9.67 Å². The molecule has 3 aromatic heterocycles. The van der Waals surface area contributed by atoms with Crippen LogP contribution in [0.15, 0.2) is 54.0 Å². The van der Waals surface area contributed by atoms with E-state index in [1.807, 2.05) is 24.3 Å². The van der Waals surface area contributed by atoms with Crippen LogP contribution in [0.5, 0.6) is 0 Å². The van der Waals surface area contributed by atoms with Gasteiger partial charge in [0.25, 0.3) is 5.56 Å². The van der Waals surface area contributed by atoms with Gasteiger partial charge in [-0.05, 0) is 23.8 Å². The molecule has 0 saturated carbocycles. The number of H-pyrrole nitrogens is 2. The molecule has 0 aliphatic carbocycles. The molecule has 114 valence electrons. The predicted octanol–water partition coefficient (Wildman–Crippen LogP) is 1.63. The highest BCUT2D eigenvalue weighted by Crippen LogP contribution is 2.21. The second-order valence-electron chi connectivity index (χ2n) is 5.09. The van der Waals surface area contributed by atoms with Crippen LogP contribution >= 0.6 is 0 Å². The molecule has 0 aliphatic heterocycles. The molecule has 0 bridgehead atoms. The van der Waals surface area contributed by atoms with E-state index in [2.05, 4.69) is 30.6 Å². The largest absolute Gasteiger partial charge is 0.338 e. The molecule has 0 radical (unpaired) electrons. The van der Waals surface area contributed by atoms with Gasteiger partial charge >= 0.3 is 0 Å². The van der Waals surface area contributed by atoms with Crippen LogP contribution in [0, 0.1) is 0 Å². The van der Waals surface area contributed by atoms with Gasteiger partial charge in [0.2, 0.25) is 0 Å². The number of anilines is 2. The second kappa shape index (κ2) is 5.41. The minimum Gasteiger partial charge on any atom is -0.338 e. The summed E-state index contributed by atoms with van der Waals surface area (Å²) >= 11 is 0. The lowest BCUT2D eigenvalue weighted by Crippen LogP contribution is -2.05. The van der Waals surface area contributed by atoms with Crippen molar-refractivity contribution in [1.82, 2.24) is 29.9 Å². The van der Waals surface area contributed by atoms with Gasteiger partial charge in [0, 0.05) is 11.9 Å². The summed E-state index contributed by atoms with van der Waals surface area (Å²) in [5, 5.41) is 14.8. The topological polar surface area (TPSA) is 104 Å². The third-order valence-electron chi connectivity index (χ3n) is 3.49. The van der Waals surface area contributed by atoms with Crippen molar-refractivity contribution in [2.45, 2.75) is 6.54 Å². The van der Waals surface area contributed by atoms with Crippen molar-refractivity contribution >= 4 is 22.4 Å². The maximum Gasteiger partial charge on any atom is 0.261 e. The highest BCUT2D eigenvalue weighted by molar-refractivity contribution is 5.90. The van der Waals surface area contributed by atoms with Gasteiger partial charge in [-0.1, -0.05) is 12.1 Å². The van der Waals surface area contributed by atoms with Crippen LogP contribution in [0.2, 0.25) is 0 Å². The van der Waals surface area contributed by atoms with Gasteiger partial charge in [-0.15, -0.1) is 0 Å². The third-order valence-corrected chi connectivity index (χ3v) is 3.49. The zero-order chi connectivity index (χ0) is 15.6. The molecule has 8 nitrogen and oxygen atoms in total. The molecule has 0 fully saturated rings. The maximum absolute atomic E-state index is 12.0. The number of aromatic amines is 2. The van der Waals surface area contributed by atoms with Gasteiger partial charge < -0.3 is 10.3 Å². The molecular formula is C15H13N7O. The summed E-state index contributed by atoms with van der Waals surface area (Å²) in [4.78, 5) is 18.5. The zero-order valence-corrected chi connectivity index (χ0v) is 12.0. The van der Waals surface area contributed by atoms with Gasteiger partial charge in [-0.2, -0.15) is 10.2 Å². The van der Waals surface area contributed by atoms with Crippen LogP contribution in [0.25, 0.3) is 10.9 Å². The number of aromatic nitrogens is 6. The fourth-order valence-corrected chi connectivity index (χ4v) is 2.45. The quantitative estimate of drug-likeness (QED) is 0.531. The molecule has 1 aromatic carbocycles. The predicted molar refractivity (Wildman–Crippen MR) is 85.6 cm³/mol. The Balaban J connectivity index is 1.64. The van der Waals surface area contributed by atoms with Crippen LogP contribution in [0.3, 0.4) is 0 Å². The number of hydrogen-bond donors (Lipinski definition) is 3. The van der Waals surface area contributed by atoms with E-state index in [4.69, 9.17) is 0 Å². The molecule has 0 saturated heterocycles. The lowest BCUT2D eigenvalue weighted by molar-refractivity contribution is 0.685. The molecule has 8 heteroatoms. The van der Waals surface area contributed by atoms with Crippen molar-refractivity contribution in [3.63, 3.8) is 0 Å². The van der Waals surface area contributed by atoms with E-state index < -0.39 is 0 Å². The maximum atomic E-state index is 12.0. The van der Waals surface area contributed by atoms with E-state index in [9.17, 15) is 4.79 Å². The molecule has 0 atom stereocenters.